The Morgan fingerprint density at radius 2 is 1.62 bits per heavy atom. The summed E-state index contributed by atoms with van der Waals surface area (Å²) in [5, 5.41) is 21.4. The van der Waals surface area contributed by atoms with Crippen molar-refractivity contribution < 1.29 is 47.4 Å². The van der Waals surface area contributed by atoms with Gasteiger partial charge in [0.05, 0.1) is 18.7 Å². The highest BCUT2D eigenvalue weighted by molar-refractivity contribution is 6.74. The van der Waals surface area contributed by atoms with E-state index in [-0.39, 0.29) is 53.3 Å². The van der Waals surface area contributed by atoms with Gasteiger partial charge in [-0.1, -0.05) is 63.2 Å². The number of aromatic nitrogens is 1. The van der Waals surface area contributed by atoms with Crippen molar-refractivity contribution in [2.45, 2.75) is 129 Å². The number of ether oxygens (including phenoxy) is 4. The minimum absolute atomic E-state index is 0.0180. The molecule has 0 spiro atoms. The fourth-order valence-corrected chi connectivity index (χ4v) is 10.4. The van der Waals surface area contributed by atoms with Crippen LogP contribution in [0, 0.1) is 11.8 Å². The number of methoxy groups -OCH3 is 1. The van der Waals surface area contributed by atoms with E-state index in [1.54, 1.807) is 27.9 Å². The molecule has 0 bridgehead atoms. The summed E-state index contributed by atoms with van der Waals surface area (Å²) in [6, 6.07) is 14.6. The predicted molar refractivity (Wildman–Crippen MR) is 243 cm³/mol. The number of carbonyl (C=O) groups excluding carboxylic acids is 3. The summed E-state index contributed by atoms with van der Waals surface area (Å²) in [5.74, 6) is -2.31. The summed E-state index contributed by atoms with van der Waals surface area (Å²) in [5.41, 5.74) is -0.730. The van der Waals surface area contributed by atoms with Gasteiger partial charge in [0.25, 0.3) is 5.88 Å². The Morgan fingerprint density at radius 3 is 2.22 bits per heavy atom. The van der Waals surface area contributed by atoms with Crippen molar-refractivity contribution in [2.75, 3.05) is 21.2 Å². The molecule has 0 amide bonds. The van der Waals surface area contributed by atoms with Gasteiger partial charge in [-0.15, -0.1) is 0 Å². The van der Waals surface area contributed by atoms with E-state index in [0.29, 0.717) is 34.4 Å². The SMILES string of the molecule is COc1c2c(c(OC(=O)OC(C)(C)C)c3cc(CNC(C)(C)C)ccc13)C(O)=C1C(=O)[C@]3(O[Si](C)(C)C(C)(C)C)C(=O)c4c(OCc5ccccc5)noc4[C@@H](N(C)C)[C@@H]3C[C@@H]1C2. The van der Waals surface area contributed by atoms with E-state index < -0.39 is 65.9 Å². The molecule has 14 heteroatoms. The van der Waals surface area contributed by atoms with E-state index in [9.17, 15) is 9.90 Å². The van der Waals surface area contributed by atoms with Crippen LogP contribution in [0.1, 0.15) is 113 Å². The van der Waals surface area contributed by atoms with Crippen LogP contribution < -0.4 is 19.5 Å². The number of nitrogens with zero attached hydrogens (tertiary/aromatic N) is 2. The molecule has 4 aromatic rings. The summed E-state index contributed by atoms with van der Waals surface area (Å²) >= 11 is 0. The van der Waals surface area contributed by atoms with Crippen LogP contribution in [0.3, 0.4) is 0 Å². The summed E-state index contributed by atoms with van der Waals surface area (Å²) in [6.07, 6.45) is -0.524. The lowest BCUT2D eigenvalue weighted by Crippen LogP contribution is -2.68. The highest BCUT2D eigenvalue weighted by Crippen LogP contribution is 2.60. The molecule has 0 aliphatic heterocycles. The number of hydrogen-bond donors (Lipinski definition) is 2. The second-order valence-corrected chi connectivity index (χ2v) is 25.7. The molecule has 1 saturated carbocycles. The predicted octanol–water partition coefficient (Wildman–Crippen LogP) is 9.91. The molecule has 2 N–H and O–H groups in total. The molecule has 3 aliphatic carbocycles. The lowest BCUT2D eigenvalue weighted by molar-refractivity contribution is -0.140. The van der Waals surface area contributed by atoms with Crippen molar-refractivity contribution in [2.24, 2.45) is 11.8 Å². The number of hydrogen-bond acceptors (Lipinski definition) is 13. The Hall–Kier alpha value is -5.02. The maximum atomic E-state index is 16.1. The summed E-state index contributed by atoms with van der Waals surface area (Å²) in [4.78, 5) is 47.4. The number of fused-ring (bicyclic) bond motifs is 5. The number of carbonyl (C=O) groups is 3. The molecule has 338 valence electrons. The first-order chi connectivity index (χ1) is 29.3. The largest absolute Gasteiger partial charge is 0.514 e. The van der Waals surface area contributed by atoms with Crippen LogP contribution in [0.2, 0.25) is 18.1 Å². The van der Waals surface area contributed by atoms with Crippen LogP contribution in [0.25, 0.3) is 16.5 Å². The minimum atomic E-state index is -3.00. The summed E-state index contributed by atoms with van der Waals surface area (Å²) in [6.45, 7) is 22.2. The highest BCUT2D eigenvalue weighted by atomic mass is 28.4. The van der Waals surface area contributed by atoms with Gasteiger partial charge in [-0.05, 0) is 115 Å². The van der Waals surface area contributed by atoms with Gasteiger partial charge in [0.1, 0.15) is 29.3 Å². The number of benzene rings is 3. The molecule has 1 aromatic heterocycles. The average Bonchev–Trinajstić information content (AvgIpc) is 3.59. The molecule has 7 rings (SSSR count). The molecule has 1 heterocycles. The van der Waals surface area contributed by atoms with Crippen molar-refractivity contribution in [1.82, 2.24) is 15.4 Å². The Labute approximate surface area is 371 Å². The van der Waals surface area contributed by atoms with E-state index in [1.165, 1.54) is 0 Å². The van der Waals surface area contributed by atoms with Crippen molar-refractivity contribution in [3.63, 3.8) is 0 Å². The topological polar surface area (TPSA) is 159 Å². The van der Waals surface area contributed by atoms with E-state index in [4.69, 9.17) is 27.9 Å². The van der Waals surface area contributed by atoms with E-state index in [0.717, 1.165) is 11.1 Å². The molecular formula is C49H63N3O10Si. The maximum Gasteiger partial charge on any atom is 0.514 e. The van der Waals surface area contributed by atoms with Crippen molar-refractivity contribution in [3.05, 3.63) is 87.7 Å². The Balaban J connectivity index is 1.48. The van der Waals surface area contributed by atoms with Gasteiger partial charge in [0, 0.05) is 39.9 Å². The molecule has 3 aliphatic rings. The van der Waals surface area contributed by atoms with E-state index in [1.807, 2.05) is 101 Å². The van der Waals surface area contributed by atoms with Crippen LogP contribution in [-0.4, -0.2) is 79.1 Å². The van der Waals surface area contributed by atoms with Crippen molar-refractivity contribution in [1.29, 1.82) is 0 Å². The normalized spacial score (nSPS) is 21.5. The fraction of sp³-hybridized carbons (Fsp3) is 0.510. The van der Waals surface area contributed by atoms with Crippen molar-refractivity contribution >= 4 is 42.6 Å². The molecule has 13 nitrogen and oxygen atoms in total. The van der Waals surface area contributed by atoms with Crippen LogP contribution in [0.15, 0.2) is 58.6 Å². The zero-order valence-electron chi connectivity index (χ0n) is 39.2. The van der Waals surface area contributed by atoms with E-state index in [2.05, 4.69) is 31.2 Å². The molecule has 0 saturated heterocycles. The van der Waals surface area contributed by atoms with Crippen LogP contribution in [0.4, 0.5) is 4.79 Å². The quantitative estimate of drug-likeness (QED) is 0.0672. The Morgan fingerprint density at radius 1 is 0.937 bits per heavy atom. The first-order valence-corrected chi connectivity index (χ1v) is 24.6. The van der Waals surface area contributed by atoms with Crippen molar-refractivity contribution in [3.8, 4) is 17.4 Å². The van der Waals surface area contributed by atoms with Crippen LogP contribution in [-0.2, 0) is 33.5 Å². The minimum Gasteiger partial charge on any atom is -0.507 e. The number of nitrogens with one attached hydrogen (secondary N) is 1. The zero-order chi connectivity index (χ0) is 46.2. The Bertz CT molecular complexity index is 2490. The summed E-state index contributed by atoms with van der Waals surface area (Å²) in [7, 11) is 2.31. The number of rotatable bonds is 10. The van der Waals surface area contributed by atoms with E-state index >= 15 is 9.59 Å². The van der Waals surface area contributed by atoms with Gasteiger partial charge in [0.15, 0.2) is 25.4 Å². The smallest absolute Gasteiger partial charge is 0.507 e. The maximum absolute atomic E-state index is 16.1. The fourth-order valence-electron chi connectivity index (χ4n) is 8.98. The average molecular weight is 882 g/mol. The summed E-state index contributed by atoms with van der Waals surface area (Å²) < 4.78 is 37.5. The molecule has 0 unspecified atom stereocenters. The standard InChI is InChI=1S/C49H63N3O10Si/c1-46(2,3)50-25-28-20-21-30-31(22-28)40(59-45(56)60-47(4,5)6)35-32(39(30)57-12)23-29-24-33-37(52(10)11)41-36(44(51-61-41)58-26-27-18-16-15-17-19-27)43(55)49(33,42(54)34(29)38(35)53)62-63(13,14)48(7,8)9/h15-22,29,33,37,50,53H,23-26H2,1-14H3/t29-,33-,37-,49-/m0/s1. The van der Waals surface area contributed by atoms with Gasteiger partial charge in [0.2, 0.25) is 11.6 Å². The number of aliphatic hydroxyl groups is 1. The Kier molecular flexibility index (Phi) is 11.8. The highest BCUT2D eigenvalue weighted by Gasteiger charge is 2.69. The number of aliphatic hydroxyl groups excluding tert-OH is 1. The lowest BCUT2D eigenvalue weighted by Gasteiger charge is -2.55. The molecule has 4 atom stereocenters. The van der Waals surface area contributed by atoms with Crippen LogP contribution in [0.5, 0.6) is 17.4 Å². The van der Waals surface area contributed by atoms with Crippen LogP contribution >= 0.6 is 0 Å². The zero-order valence-corrected chi connectivity index (χ0v) is 40.2. The van der Waals surface area contributed by atoms with Gasteiger partial charge in [-0.2, -0.15) is 0 Å². The lowest BCUT2D eigenvalue weighted by atomic mass is 9.57. The molecule has 3 aromatic carbocycles. The van der Waals surface area contributed by atoms with Gasteiger partial charge in [-0.25, -0.2) is 4.79 Å². The first-order valence-electron chi connectivity index (χ1n) is 21.7. The number of Topliss-reactive ketones (excluding diaryl/α,β-unsaturated/α-hetero) is 2. The van der Waals surface area contributed by atoms with Gasteiger partial charge < -0.3 is 38.3 Å². The number of ketones is 2. The first kappa shape index (κ1) is 46.0. The third kappa shape index (κ3) is 8.31. The molecule has 1 fully saturated rings. The third-order valence-corrected chi connectivity index (χ3v) is 17.3. The molecule has 63 heavy (non-hydrogen) atoms. The monoisotopic (exact) mass is 881 g/mol. The third-order valence-electron chi connectivity index (χ3n) is 12.9. The molecule has 0 radical (unpaired) electrons. The van der Waals surface area contributed by atoms with Gasteiger partial charge >= 0.3 is 6.16 Å². The molecular weight excluding hydrogens is 819 g/mol. The van der Waals surface area contributed by atoms with Gasteiger partial charge in [-0.3, -0.25) is 14.5 Å². The second kappa shape index (κ2) is 16.2. The second-order valence-electron chi connectivity index (χ2n) is 20.9.